The smallest absolute Gasteiger partial charge is 0.167 e. The van der Waals surface area contributed by atoms with E-state index in [1.54, 1.807) is 6.26 Å². The summed E-state index contributed by atoms with van der Waals surface area (Å²) in [6.45, 7) is 12.0. The van der Waals surface area contributed by atoms with Gasteiger partial charge in [0.05, 0.1) is 5.69 Å². The molecule has 0 radical (unpaired) electrons. The summed E-state index contributed by atoms with van der Waals surface area (Å²) in [5, 5.41) is 4.98. The number of hydrogen-bond donors (Lipinski definition) is 1. The number of aryl methyl sites for hydroxylation is 2. The van der Waals surface area contributed by atoms with Gasteiger partial charge in [0.1, 0.15) is 0 Å². The van der Waals surface area contributed by atoms with E-state index in [9.17, 15) is 0 Å². The molecule has 0 unspecified atom stereocenters. The Balaban J connectivity index is 0. The van der Waals surface area contributed by atoms with Gasteiger partial charge in [0.15, 0.2) is 5.58 Å². The fraction of sp³-hybridized carbons (Fsp3) is 0.500. The van der Waals surface area contributed by atoms with E-state index in [0.29, 0.717) is 0 Å². The van der Waals surface area contributed by atoms with Crippen LogP contribution in [0.5, 0.6) is 0 Å². The Labute approximate surface area is 111 Å². The second-order valence-electron chi connectivity index (χ2n) is 2.77. The van der Waals surface area contributed by atoms with Gasteiger partial charge in [-0.05, 0) is 32.2 Å². The molecule has 3 heteroatoms. The Hall–Kier alpha value is -0.960. The molecule has 2 aromatic rings. The maximum atomic E-state index is 5.05. The lowest BCUT2D eigenvalue weighted by Crippen LogP contribution is -1.72. The number of benzene rings is 1. The third-order valence-electron chi connectivity index (χ3n) is 1.81. The largest absolute Gasteiger partial charge is 0.356 e. The van der Waals surface area contributed by atoms with E-state index in [0.717, 1.165) is 16.7 Å². The predicted octanol–water partition coefficient (Wildman–Crippen LogP) is 5.04. The average Bonchev–Trinajstić information content (AvgIpc) is 2.78. The standard InChI is InChI=1S/C9H9NO.2C2H6.CH4S/c1-6-3-4-9-8(5-6)7(2)10-11-9;3*1-2/h3-5H,1-2H3;2*1-2H3;2H,1H3. The minimum atomic E-state index is 0.869. The number of fused-ring (bicyclic) bond motifs is 1. The van der Waals surface area contributed by atoms with Gasteiger partial charge in [-0.1, -0.05) is 44.5 Å². The molecule has 0 amide bonds. The number of aromatic nitrogens is 1. The van der Waals surface area contributed by atoms with Crippen molar-refractivity contribution in [1.82, 2.24) is 5.16 Å². The molecule has 1 aromatic heterocycles. The minimum absolute atomic E-state index is 0.869. The van der Waals surface area contributed by atoms with Gasteiger partial charge in [-0.3, -0.25) is 0 Å². The minimum Gasteiger partial charge on any atom is -0.356 e. The summed E-state index contributed by atoms with van der Waals surface area (Å²) in [5.74, 6) is 0. The van der Waals surface area contributed by atoms with E-state index >= 15 is 0 Å². The number of thiol groups is 1. The first-order chi connectivity index (χ1) is 8.27. The molecular formula is C14H25NOS. The van der Waals surface area contributed by atoms with Crippen molar-refractivity contribution in [2.24, 2.45) is 0 Å². The van der Waals surface area contributed by atoms with Crippen LogP contribution in [0, 0.1) is 13.8 Å². The molecule has 0 spiro atoms. The zero-order valence-electron chi connectivity index (χ0n) is 12.0. The normalized spacial score (nSPS) is 8.00. The van der Waals surface area contributed by atoms with E-state index < -0.39 is 0 Å². The first-order valence-electron chi connectivity index (χ1n) is 6.05. The van der Waals surface area contributed by atoms with E-state index in [4.69, 9.17) is 4.52 Å². The fourth-order valence-electron chi connectivity index (χ4n) is 1.17. The molecule has 0 aliphatic heterocycles. The first kappa shape index (κ1) is 18.4. The number of rotatable bonds is 0. The van der Waals surface area contributed by atoms with Crippen molar-refractivity contribution < 1.29 is 4.52 Å². The summed E-state index contributed by atoms with van der Waals surface area (Å²) in [5.41, 5.74) is 3.07. The SMILES string of the molecule is CC.CC.CS.Cc1ccc2onc(C)c2c1. The Morgan fingerprint density at radius 1 is 1.00 bits per heavy atom. The molecule has 0 aliphatic carbocycles. The Kier molecular flexibility index (Phi) is 12.5. The molecule has 1 heterocycles. The van der Waals surface area contributed by atoms with Crippen molar-refractivity contribution >= 4 is 23.6 Å². The molecule has 0 fully saturated rings. The van der Waals surface area contributed by atoms with E-state index in [1.807, 2.05) is 46.8 Å². The van der Waals surface area contributed by atoms with Crippen LogP contribution in [-0.4, -0.2) is 11.4 Å². The second kappa shape index (κ2) is 11.5. The molecule has 0 atom stereocenters. The summed E-state index contributed by atoms with van der Waals surface area (Å²) in [4.78, 5) is 0. The van der Waals surface area contributed by atoms with Crippen LogP contribution < -0.4 is 0 Å². The van der Waals surface area contributed by atoms with Gasteiger partial charge in [0.25, 0.3) is 0 Å². The number of nitrogens with zero attached hydrogens (tertiary/aromatic N) is 1. The van der Waals surface area contributed by atoms with Gasteiger partial charge in [-0.25, -0.2) is 0 Å². The molecule has 2 nitrogen and oxygen atoms in total. The summed E-state index contributed by atoms with van der Waals surface area (Å²) < 4.78 is 5.05. The lowest BCUT2D eigenvalue weighted by atomic mass is 10.1. The van der Waals surface area contributed by atoms with Crippen molar-refractivity contribution in [3.63, 3.8) is 0 Å². The van der Waals surface area contributed by atoms with Crippen LogP contribution in [0.25, 0.3) is 11.0 Å². The zero-order valence-corrected chi connectivity index (χ0v) is 12.9. The van der Waals surface area contributed by atoms with E-state index in [1.165, 1.54) is 5.56 Å². The molecule has 2 rings (SSSR count). The van der Waals surface area contributed by atoms with Gasteiger partial charge in [0, 0.05) is 5.39 Å². The van der Waals surface area contributed by atoms with Gasteiger partial charge >= 0.3 is 0 Å². The van der Waals surface area contributed by atoms with Crippen LogP contribution in [0.3, 0.4) is 0 Å². The van der Waals surface area contributed by atoms with Crippen molar-refractivity contribution in [1.29, 1.82) is 0 Å². The molecular weight excluding hydrogens is 230 g/mol. The zero-order chi connectivity index (χ0) is 13.8. The van der Waals surface area contributed by atoms with Crippen LogP contribution in [-0.2, 0) is 0 Å². The lowest BCUT2D eigenvalue weighted by Gasteiger charge is -1.89. The van der Waals surface area contributed by atoms with Crippen LogP contribution in [0.15, 0.2) is 22.7 Å². The highest BCUT2D eigenvalue weighted by atomic mass is 32.1. The van der Waals surface area contributed by atoms with Gasteiger partial charge in [0.2, 0.25) is 0 Å². The quantitative estimate of drug-likeness (QED) is 0.667. The summed E-state index contributed by atoms with van der Waals surface area (Å²) in [6.07, 6.45) is 1.69. The van der Waals surface area contributed by atoms with Crippen LogP contribution in [0.2, 0.25) is 0 Å². The maximum Gasteiger partial charge on any atom is 0.167 e. The molecule has 1 aromatic carbocycles. The van der Waals surface area contributed by atoms with Gasteiger partial charge in [-0.2, -0.15) is 12.6 Å². The van der Waals surface area contributed by atoms with Crippen molar-refractivity contribution in [2.75, 3.05) is 6.26 Å². The Bertz CT molecular complexity index is 396. The van der Waals surface area contributed by atoms with Gasteiger partial charge in [-0.15, -0.1) is 0 Å². The van der Waals surface area contributed by atoms with Crippen molar-refractivity contribution in [3.8, 4) is 0 Å². The maximum absolute atomic E-state index is 5.05. The van der Waals surface area contributed by atoms with Crippen LogP contribution in [0.4, 0.5) is 0 Å². The first-order valence-corrected chi connectivity index (χ1v) is 6.94. The summed E-state index contributed by atoms with van der Waals surface area (Å²) >= 11 is 3.53. The highest BCUT2D eigenvalue weighted by Crippen LogP contribution is 2.18. The third kappa shape index (κ3) is 5.78. The molecule has 17 heavy (non-hydrogen) atoms. The predicted molar refractivity (Wildman–Crippen MR) is 81.1 cm³/mol. The molecule has 0 saturated carbocycles. The molecule has 0 aliphatic rings. The topological polar surface area (TPSA) is 26.0 Å². The molecule has 0 saturated heterocycles. The van der Waals surface area contributed by atoms with E-state index in [-0.39, 0.29) is 0 Å². The summed E-state index contributed by atoms with van der Waals surface area (Å²) in [7, 11) is 0. The second-order valence-corrected chi connectivity index (χ2v) is 2.77. The fourth-order valence-corrected chi connectivity index (χ4v) is 1.17. The molecule has 0 N–H and O–H groups in total. The average molecular weight is 255 g/mol. The van der Waals surface area contributed by atoms with Crippen LogP contribution in [0.1, 0.15) is 39.0 Å². The third-order valence-corrected chi connectivity index (χ3v) is 1.81. The molecule has 98 valence electrons. The van der Waals surface area contributed by atoms with Gasteiger partial charge < -0.3 is 4.52 Å². The van der Waals surface area contributed by atoms with Crippen molar-refractivity contribution in [3.05, 3.63) is 29.5 Å². The summed E-state index contributed by atoms with van der Waals surface area (Å²) in [6, 6.07) is 6.05. The van der Waals surface area contributed by atoms with E-state index in [2.05, 4.69) is 30.8 Å². The molecule has 0 bridgehead atoms. The Morgan fingerprint density at radius 2 is 1.53 bits per heavy atom. The number of hydrogen-bond acceptors (Lipinski definition) is 3. The highest BCUT2D eigenvalue weighted by Gasteiger charge is 2.01. The van der Waals surface area contributed by atoms with Crippen LogP contribution >= 0.6 is 12.6 Å². The Morgan fingerprint density at radius 3 is 2.06 bits per heavy atom. The lowest BCUT2D eigenvalue weighted by molar-refractivity contribution is 0.450. The highest BCUT2D eigenvalue weighted by molar-refractivity contribution is 7.79. The van der Waals surface area contributed by atoms with Crippen molar-refractivity contribution in [2.45, 2.75) is 41.5 Å². The monoisotopic (exact) mass is 255 g/mol.